The predicted octanol–water partition coefficient (Wildman–Crippen LogP) is 3.45. The van der Waals surface area contributed by atoms with Crippen LogP contribution in [0.2, 0.25) is 0 Å². The fourth-order valence-electron chi connectivity index (χ4n) is 2.75. The van der Waals surface area contributed by atoms with E-state index in [4.69, 9.17) is 10.9 Å². The Labute approximate surface area is 126 Å². The third-order valence-corrected chi connectivity index (χ3v) is 4.63. The normalized spacial score (nSPS) is 20.2. The van der Waals surface area contributed by atoms with Crippen LogP contribution < -0.4 is 10.6 Å². The molecule has 3 N–H and O–H groups in total. The second kappa shape index (κ2) is 6.43. The molecule has 1 aromatic rings. The summed E-state index contributed by atoms with van der Waals surface area (Å²) in [6.07, 6.45) is 4.37. The molecule has 0 aromatic heterocycles. The van der Waals surface area contributed by atoms with E-state index in [0.29, 0.717) is 17.3 Å². The van der Waals surface area contributed by atoms with Crippen molar-refractivity contribution >= 4 is 27.5 Å². The van der Waals surface area contributed by atoms with E-state index in [1.54, 1.807) is 12.1 Å². The van der Waals surface area contributed by atoms with Crippen LogP contribution in [-0.4, -0.2) is 23.6 Å². The van der Waals surface area contributed by atoms with Crippen molar-refractivity contribution in [3.8, 4) is 0 Å². The van der Waals surface area contributed by atoms with E-state index in [1.165, 1.54) is 6.42 Å². The smallest absolute Gasteiger partial charge is 0.171 e. The van der Waals surface area contributed by atoms with Crippen LogP contribution in [0.1, 0.15) is 38.2 Å². The molecule has 110 valence electrons. The standard InChI is InChI=1S/C14H19BrFN3O/c1-2-9-5-3-4-8-19(9)11-7-6-10(14(17)18-20)12(15)13(11)16/h6-7,9,20H,2-5,8H2,1H3,(H2,17,18). The lowest BCUT2D eigenvalue weighted by atomic mass is 9.98. The van der Waals surface area contributed by atoms with Gasteiger partial charge in [0, 0.05) is 18.2 Å². The summed E-state index contributed by atoms with van der Waals surface area (Å²) in [6, 6.07) is 3.76. The number of anilines is 1. The highest BCUT2D eigenvalue weighted by Gasteiger charge is 2.25. The molecule has 0 spiro atoms. The summed E-state index contributed by atoms with van der Waals surface area (Å²) in [5.41, 5.74) is 6.48. The first-order chi connectivity index (χ1) is 9.60. The SMILES string of the molecule is CCC1CCCCN1c1ccc(/C(N)=N/O)c(Br)c1F. The van der Waals surface area contributed by atoms with Gasteiger partial charge in [-0.1, -0.05) is 12.1 Å². The highest BCUT2D eigenvalue weighted by Crippen LogP contribution is 2.33. The molecule has 0 bridgehead atoms. The first-order valence-electron chi connectivity index (χ1n) is 6.82. The number of piperidine rings is 1. The lowest BCUT2D eigenvalue weighted by Crippen LogP contribution is -2.39. The van der Waals surface area contributed by atoms with E-state index >= 15 is 0 Å². The summed E-state index contributed by atoms with van der Waals surface area (Å²) in [5, 5.41) is 11.6. The fourth-order valence-corrected chi connectivity index (χ4v) is 3.29. The number of oxime groups is 1. The van der Waals surface area contributed by atoms with E-state index in [0.717, 1.165) is 25.8 Å². The summed E-state index contributed by atoms with van der Waals surface area (Å²) in [5.74, 6) is -0.456. The molecule has 20 heavy (non-hydrogen) atoms. The number of nitrogens with two attached hydrogens (primary N) is 1. The van der Waals surface area contributed by atoms with E-state index in [-0.39, 0.29) is 16.1 Å². The van der Waals surface area contributed by atoms with Crippen LogP contribution in [0.3, 0.4) is 0 Å². The Morgan fingerprint density at radius 1 is 1.55 bits per heavy atom. The summed E-state index contributed by atoms with van der Waals surface area (Å²) in [6.45, 7) is 2.99. The molecular formula is C14H19BrFN3O. The molecule has 0 radical (unpaired) electrons. The van der Waals surface area contributed by atoms with Crippen LogP contribution >= 0.6 is 15.9 Å². The van der Waals surface area contributed by atoms with Crippen molar-refractivity contribution < 1.29 is 9.60 Å². The molecule has 1 aliphatic rings. The van der Waals surface area contributed by atoms with Gasteiger partial charge in [-0.3, -0.25) is 0 Å². The molecular weight excluding hydrogens is 325 g/mol. The lowest BCUT2D eigenvalue weighted by Gasteiger charge is -2.37. The van der Waals surface area contributed by atoms with Crippen LogP contribution in [0.4, 0.5) is 10.1 Å². The van der Waals surface area contributed by atoms with Crippen molar-refractivity contribution in [3.05, 3.63) is 28.0 Å². The van der Waals surface area contributed by atoms with Gasteiger partial charge in [0.1, 0.15) is 0 Å². The van der Waals surface area contributed by atoms with Crippen LogP contribution in [0, 0.1) is 5.82 Å². The molecule has 2 rings (SSSR count). The molecule has 0 saturated carbocycles. The molecule has 6 heteroatoms. The first-order valence-corrected chi connectivity index (χ1v) is 7.62. The zero-order valence-electron chi connectivity index (χ0n) is 11.4. The zero-order valence-corrected chi connectivity index (χ0v) is 13.0. The quantitative estimate of drug-likeness (QED) is 0.382. The third kappa shape index (κ3) is 2.75. The van der Waals surface area contributed by atoms with Gasteiger partial charge in [-0.2, -0.15) is 0 Å². The number of amidine groups is 1. The summed E-state index contributed by atoms with van der Waals surface area (Å²) in [4.78, 5) is 2.12. The van der Waals surface area contributed by atoms with Crippen molar-refractivity contribution in [1.29, 1.82) is 0 Å². The maximum atomic E-state index is 14.6. The van der Waals surface area contributed by atoms with Crippen molar-refractivity contribution in [3.63, 3.8) is 0 Å². The summed E-state index contributed by atoms with van der Waals surface area (Å²) >= 11 is 3.21. The van der Waals surface area contributed by atoms with Crippen LogP contribution in [0.15, 0.2) is 21.8 Å². The van der Waals surface area contributed by atoms with Gasteiger partial charge in [-0.05, 0) is 53.7 Å². The highest BCUT2D eigenvalue weighted by atomic mass is 79.9. The Bertz CT molecular complexity index is 521. The summed E-state index contributed by atoms with van der Waals surface area (Å²) in [7, 11) is 0. The van der Waals surface area contributed by atoms with Crippen molar-refractivity contribution in [2.75, 3.05) is 11.4 Å². The Kier molecular flexibility index (Phi) is 4.86. The van der Waals surface area contributed by atoms with Gasteiger partial charge in [0.2, 0.25) is 0 Å². The number of benzene rings is 1. The monoisotopic (exact) mass is 343 g/mol. The molecule has 0 aliphatic carbocycles. The third-order valence-electron chi connectivity index (χ3n) is 3.85. The molecule has 1 atom stereocenters. The minimum absolute atomic E-state index is 0.104. The molecule has 1 saturated heterocycles. The molecule has 0 amide bonds. The maximum absolute atomic E-state index is 14.6. The lowest BCUT2D eigenvalue weighted by molar-refractivity contribution is 0.318. The molecule has 1 unspecified atom stereocenters. The summed E-state index contributed by atoms with van der Waals surface area (Å²) < 4.78 is 14.8. The second-order valence-electron chi connectivity index (χ2n) is 5.00. The predicted molar refractivity (Wildman–Crippen MR) is 81.9 cm³/mol. The Morgan fingerprint density at radius 3 is 2.95 bits per heavy atom. The van der Waals surface area contributed by atoms with Crippen LogP contribution in [0.5, 0.6) is 0 Å². The Balaban J connectivity index is 2.40. The van der Waals surface area contributed by atoms with E-state index in [2.05, 4.69) is 32.9 Å². The molecule has 1 aromatic carbocycles. The van der Waals surface area contributed by atoms with Gasteiger partial charge in [0.05, 0.1) is 10.2 Å². The van der Waals surface area contributed by atoms with Gasteiger partial charge in [-0.25, -0.2) is 4.39 Å². The van der Waals surface area contributed by atoms with E-state index in [9.17, 15) is 4.39 Å². The number of hydrogen-bond donors (Lipinski definition) is 2. The average molecular weight is 344 g/mol. The number of rotatable bonds is 3. The Hall–Kier alpha value is -1.30. The van der Waals surface area contributed by atoms with Crippen molar-refractivity contribution in [2.45, 2.75) is 38.6 Å². The van der Waals surface area contributed by atoms with Gasteiger partial charge in [-0.15, -0.1) is 0 Å². The van der Waals surface area contributed by atoms with Gasteiger partial charge in [0.25, 0.3) is 0 Å². The zero-order chi connectivity index (χ0) is 14.7. The number of hydrogen-bond acceptors (Lipinski definition) is 3. The first kappa shape index (κ1) is 15.1. The van der Waals surface area contributed by atoms with Crippen molar-refractivity contribution in [2.24, 2.45) is 10.9 Å². The topological polar surface area (TPSA) is 61.8 Å². The van der Waals surface area contributed by atoms with Crippen molar-refractivity contribution in [1.82, 2.24) is 0 Å². The molecule has 1 aliphatic heterocycles. The second-order valence-corrected chi connectivity index (χ2v) is 5.79. The fraction of sp³-hybridized carbons (Fsp3) is 0.500. The number of halogens is 2. The van der Waals surface area contributed by atoms with Crippen LogP contribution in [-0.2, 0) is 0 Å². The minimum Gasteiger partial charge on any atom is -0.409 e. The molecule has 1 fully saturated rings. The van der Waals surface area contributed by atoms with Crippen LogP contribution in [0.25, 0.3) is 0 Å². The minimum atomic E-state index is -0.352. The van der Waals surface area contributed by atoms with Gasteiger partial charge in [0.15, 0.2) is 11.7 Å². The molecule has 4 nitrogen and oxygen atoms in total. The Morgan fingerprint density at radius 2 is 2.30 bits per heavy atom. The average Bonchev–Trinajstić information content (AvgIpc) is 2.49. The highest BCUT2D eigenvalue weighted by molar-refractivity contribution is 9.10. The van der Waals surface area contributed by atoms with E-state index < -0.39 is 0 Å². The van der Waals surface area contributed by atoms with Gasteiger partial charge < -0.3 is 15.8 Å². The van der Waals surface area contributed by atoms with Gasteiger partial charge >= 0.3 is 0 Å². The number of nitrogens with zero attached hydrogens (tertiary/aromatic N) is 2. The molecule has 1 heterocycles. The maximum Gasteiger partial charge on any atom is 0.171 e. The largest absolute Gasteiger partial charge is 0.409 e. The van der Waals surface area contributed by atoms with E-state index in [1.807, 2.05) is 0 Å².